The molecule has 0 aromatic heterocycles. The van der Waals surface area contributed by atoms with Gasteiger partial charge in [0.05, 0.1) is 23.8 Å². The molecule has 0 N–H and O–H groups in total. The zero-order chi connectivity index (χ0) is 27.1. The number of hydrogen-bond acceptors (Lipinski definition) is 2. The van der Waals surface area contributed by atoms with Crippen LogP contribution in [-0.4, -0.2) is 30.5 Å². The molecule has 0 spiro atoms. The number of hydrogen-bond donors (Lipinski definition) is 0. The van der Waals surface area contributed by atoms with Crippen LogP contribution in [0.1, 0.15) is 67.7 Å². The Morgan fingerprint density at radius 2 is 1.47 bits per heavy atom. The zero-order valence-corrected chi connectivity index (χ0v) is 20.3. The second-order valence-electron chi connectivity index (χ2n) is 8.74. The first-order valence-corrected chi connectivity index (χ1v) is 11.6. The number of halogens is 7. The summed E-state index contributed by atoms with van der Waals surface area (Å²) in [6.45, 7) is 3.94. The van der Waals surface area contributed by atoms with Crippen LogP contribution in [0.3, 0.4) is 0 Å². The van der Waals surface area contributed by atoms with Gasteiger partial charge in [0, 0.05) is 26.4 Å². The molecule has 0 aliphatic heterocycles. The van der Waals surface area contributed by atoms with Crippen molar-refractivity contribution in [1.29, 1.82) is 0 Å². The molecule has 1 fully saturated rings. The Hall–Kier alpha value is -2.62. The van der Waals surface area contributed by atoms with Gasteiger partial charge in [-0.3, -0.25) is 4.79 Å². The van der Waals surface area contributed by atoms with Crippen molar-refractivity contribution in [3.63, 3.8) is 0 Å². The highest BCUT2D eigenvalue weighted by Gasteiger charge is 2.37. The lowest BCUT2D eigenvalue weighted by Crippen LogP contribution is -2.26. The first-order chi connectivity index (χ1) is 16.7. The quantitative estimate of drug-likeness (QED) is 0.380. The van der Waals surface area contributed by atoms with Crippen LogP contribution in [0.15, 0.2) is 42.5 Å². The molecule has 0 heterocycles. The minimum absolute atomic E-state index is 0.0859. The summed E-state index contributed by atoms with van der Waals surface area (Å²) in [7, 11) is 1.78. The predicted molar refractivity (Wildman–Crippen MR) is 122 cm³/mol. The third kappa shape index (κ3) is 8.80. The van der Waals surface area contributed by atoms with E-state index >= 15 is 0 Å². The van der Waals surface area contributed by atoms with Gasteiger partial charge in [-0.25, -0.2) is 4.39 Å². The van der Waals surface area contributed by atoms with Gasteiger partial charge in [0.2, 0.25) is 5.91 Å². The van der Waals surface area contributed by atoms with E-state index in [9.17, 15) is 35.5 Å². The number of nitrogens with zero attached hydrogens (tertiary/aromatic N) is 1. The molecule has 36 heavy (non-hydrogen) atoms. The van der Waals surface area contributed by atoms with E-state index in [1.807, 2.05) is 6.92 Å². The van der Waals surface area contributed by atoms with Crippen molar-refractivity contribution in [3.8, 4) is 0 Å². The molecule has 0 radical (unpaired) electrons. The van der Waals surface area contributed by atoms with Crippen molar-refractivity contribution >= 4 is 5.91 Å². The lowest BCUT2D eigenvalue weighted by Gasteiger charge is -2.32. The van der Waals surface area contributed by atoms with Crippen LogP contribution >= 0.6 is 0 Å². The summed E-state index contributed by atoms with van der Waals surface area (Å²) in [5.74, 6) is -0.342. The third-order valence-corrected chi connectivity index (χ3v) is 6.12. The van der Waals surface area contributed by atoms with Crippen molar-refractivity contribution in [1.82, 2.24) is 4.90 Å². The number of carbonyl (C=O) groups excluding carboxylic acids is 1. The van der Waals surface area contributed by atoms with Gasteiger partial charge in [-0.15, -0.1) is 0 Å². The van der Waals surface area contributed by atoms with Crippen LogP contribution in [0.2, 0.25) is 0 Å². The Labute approximate surface area is 206 Å². The van der Waals surface area contributed by atoms with Crippen LogP contribution < -0.4 is 0 Å². The number of carbonyl (C=O) groups is 1. The summed E-state index contributed by atoms with van der Waals surface area (Å²) in [5.41, 5.74) is -2.05. The van der Waals surface area contributed by atoms with Gasteiger partial charge in [-0.1, -0.05) is 25.0 Å². The van der Waals surface area contributed by atoms with Gasteiger partial charge in [0.25, 0.3) is 0 Å². The summed E-state index contributed by atoms with van der Waals surface area (Å²) in [5, 5.41) is 0. The van der Waals surface area contributed by atoms with Gasteiger partial charge >= 0.3 is 12.4 Å². The molecule has 1 unspecified atom stereocenters. The molecule has 2 aromatic carbocycles. The van der Waals surface area contributed by atoms with E-state index in [1.54, 1.807) is 31.0 Å². The van der Waals surface area contributed by atoms with Gasteiger partial charge in [0.1, 0.15) is 5.82 Å². The van der Waals surface area contributed by atoms with E-state index in [-0.39, 0.29) is 42.0 Å². The molecule has 3 rings (SSSR count). The molecule has 0 saturated heterocycles. The normalized spacial score (nSPS) is 18.3. The summed E-state index contributed by atoms with van der Waals surface area (Å²) >= 11 is 0. The van der Waals surface area contributed by atoms with E-state index in [0.29, 0.717) is 18.6 Å². The molecule has 200 valence electrons. The average molecular weight is 522 g/mol. The van der Waals surface area contributed by atoms with E-state index in [0.717, 1.165) is 31.4 Å². The van der Waals surface area contributed by atoms with Crippen LogP contribution in [-0.2, 0) is 28.5 Å². The van der Waals surface area contributed by atoms with Crippen molar-refractivity contribution in [2.24, 2.45) is 0 Å². The Morgan fingerprint density at radius 1 is 0.944 bits per heavy atom. The van der Waals surface area contributed by atoms with Gasteiger partial charge < -0.3 is 9.64 Å². The molecule has 1 aliphatic rings. The fourth-order valence-electron chi connectivity index (χ4n) is 3.92. The summed E-state index contributed by atoms with van der Waals surface area (Å²) < 4.78 is 97.0. The Morgan fingerprint density at radius 3 is 1.92 bits per heavy atom. The summed E-state index contributed by atoms with van der Waals surface area (Å²) in [6.07, 6.45) is -6.99. The van der Waals surface area contributed by atoms with E-state index in [4.69, 9.17) is 4.74 Å². The lowest BCUT2D eigenvalue weighted by atomic mass is 9.81. The van der Waals surface area contributed by atoms with Crippen LogP contribution in [0.5, 0.6) is 0 Å². The average Bonchev–Trinajstić information content (AvgIpc) is 2.82. The van der Waals surface area contributed by atoms with Crippen molar-refractivity contribution < 1.29 is 40.3 Å². The zero-order valence-electron chi connectivity index (χ0n) is 20.3. The van der Waals surface area contributed by atoms with Crippen LogP contribution in [0.4, 0.5) is 30.7 Å². The van der Waals surface area contributed by atoms with Crippen LogP contribution in [0, 0.1) is 5.82 Å². The van der Waals surface area contributed by atoms with E-state index < -0.39 is 23.5 Å². The van der Waals surface area contributed by atoms with Gasteiger partial charge in [0.15, 0.2) is 0 Å². The molecule has 3 nitrogen and oxygen atoms in total. The van der Waals surface area contributed by atoms with Crippen molar-refractivity contribution in [3.05, 3.63) is 70.5 Å². The Kier molecular flexibility index (Phi) is 10.3. The summed E-state index contributed by atoms with van der Waals surface area (Å²) in [6, 6.07) is 7.38. The molecular weight excluding hydrogens is 491 g/mol. The van der Waals surface area contributed by atoms with Crippen molar-refractivity contribution in [2.45, 2.75) is 70.5 Å². The largest absolute Gasteiger partial charge is 0.416 e. The first kappa shape index (κ1) is 29.6. The Bertz CT molecular complexity index is 955. The SMILES string of the molecule is CCN(C)C(C)=O.Fc1ccc(C2CCCC[C@@H]2OCc2cc(C(F)(F)F)cc(C(F)(F)F)c2)cc1. The topological polar surface area (TPSA) is 29.5 Å². The molecule has 2 aromatic rings. The highest BCUT2D eigenvalue weighted by Crippen LogP contribution is 2.38. The smallest absolute Gasteiger partial charge is 0.373 e. The predicted octanol–water partition coefficient (Wildman–Crippen LogP) is 7.59. The highest BCUT2D eigenvalue weighted by molar-refractivity contribution is 5.72. The maximum atomic E-state index is 13.2. The first-order valence-electron chi connectivity index (χ1n) is 11.6. The molecule has 1 saturated carbocycles. The fraction of sp³-hybridized carbons (Fsp3) is 0.500. The molecular formula is C26H30F7NO2. The fourth-order valence-corrected chi connectivity index (χ4v) is 3.92. The number of ether oxygens (including phenoxy) is 1. The van der Waals surface area contributed by atoms with Gasteiger partial charge in [-0.2, -0.15) is 26.3 Å². The van der Waals surface area contributed by atoms with Gasteiger partial charge in [-0.05, 0) is 61.2 Å². The maximum absolute atomic E-state index is 13.2. The summed E-state index contributed by atoms with van der Waals surface area (Å²) in [4.78, 5) is 12.0. The number of amides is 1. The maximum Gasteiger partial charge on any atom is 0.416 e. The second-order valence-corrected chi connectivity index (χ2v) is 8.74. The molecule has 1 aliphatic carbocycles. The monoisotopic (exact) mass is 521 g/mol. The Balaban J connectivity index is 0.000000572. The molecule has 10 heteroatoms. The van der Waals surface area contributed by atoms with Crippen molar-refractivity contribution in [2.75, 3.05) is 13.6 Å². The van der Waals surface area contributed by atoms with E-state index in [2.05, 4.69) is 0 Å². The standard InChI is InChI=1S/C21H19F7O.C5H11NO/c22-17-7-5-14(6-8-17)18-3-1-2-4-19(18)29-12-13-9-15(20(23,24)25)11-16(10-13)21(26,27)28;1-4-6(3)5(2)7/h5-11,18-19H,1-4,12H2;4H2,1-3H3/t18?,19-;/m0./s1. The minimum atomic E-state index is -4.89. The molecule has 1 amide bonds. The highest BCUT2D eigenvalue weighted by atomic mass is 19.4. The number of alkyl halides is 6. The third-order valence-electron chi connectivity index (χ3n) is 6.12. The molecule has 2 atom stereocenters. The van der Waals surface area contributed by atoms with Crippen LogP contribution in [0.25, 0.3) is 0 Å². The second kappa shape index (κ2) is 12.6. The molecule has 0 bridgehead atoms. The van der Waals surface area contributed by atoms with E-state index in [1.165, 1.54) is 12.1 Å². The minimum Gasteiger partial charge on any atom is -0.373 e. The lowest BCUT2D eigenvalue weighted by molar-refractivity contribution is -0.143. The number of benzene rings is 2. The number of rotatable bonds is 5.